The van der Waals surface area contributed by atoms with Crippen molar-refractivity contribution in [2.45, 2.75) is 39.2 Å². The number of aromatic nitrogens is 5. The Morgan fingerprint density at radius 1 is 1.28 bits per heavy atom. The van der Waals surface area contributed by atoms with E-state index in [9.17, 15) is 0 Å². The standard InChI is InChI=1S/C11H16BrN5O/c1-11(2,3)10-15-14-9(18-10)7-17-6-8(4-5-12)13-16-17/h6H,4-5,7H2,1-3H3. The van der Waals surface area contributed by atoms with Gasteiger partial charge in [0.15, 0.2) is 0 Å². The minimum Gasteiger partial charge on any atom is -0.423 e. The van der Waals surface area contributed by atoms with Crippen LogP contribution in [-0.4, -0.2) is 30.5 Å². The number of hydrogen-bond acceptors (Lipinski definition) is 5. The Morgan fingerprint density at radius 3 is 2.67 bits per heavy atom. The van der Waals surface area contributed by atoms with Crippen LogP contribution in [0.3, 0.4) is 0 Å². The second kappa shape index (κ2) is 5.17. The van der Waals surface area contributed by atoms with Crippen molar-refractivity contribution in [3.63, 3.8) is 0 Å². The Balaban J connectivity index is 2.06. The molecular weight excluding hydrogens is 298 g/mol. The van der Waals surface area contributed by atoms with Gasteiger partial charge in [-0.3, -0.25) is 0 Å². The zero-order valence-corrected chi connectivity index (χ0v) is 12.3. The summed E-state index contributed by atoms with van der Waals surface area (Å²) in [4.78, 5) is 0. The van der Waals surface area contributed by atoms with Crippen LogP contribution in [0.5, 0.6) is 0 Å². The van der Waals surface area contributed by atoms with Crippen LogP contribution < -0.4 is 0 Å². The topological polar surface area (TPSA) is 69.6 Å². The number of alkyl halides is 1. The molecule has 98 valence electrons. The number of rotatable bonds is 4. The summed E-state index contributed by atoms with van der Waals surface area (Å²) in [5.74, 6) is 1.19. The zero-order valence-electron chi connectivity index (χ0n) is 10.7. The van der Waals surface area contributed by atoms with Gasteiger partial charge in [-0.05, 0) is 0 Å². The molecule has 6 nitrogen and oxygen atoms in total. The summed E-state index contributed by atoms with van der Waals surface area (Å²) in [6, 6.07) is 0. The van der Waals surface area contributed by atoms with Gasteiger partial charge in [-0.1, -0.05) is 41.9 Å². The number of nitrogens with zero attached hydrogens (tertiary/aromatic N) is 5. The molecule has 0 spiro atoms. The molecule has 18 heavy (non-hydrogen) atoms. The average molecular weight is 314 g/mol. The molecule has 0 saturated heterocycles. The maximum absolute atomic E-state index is 5.60. The first-order valence-electron chi connectivity index (χ1n) is 5.77. The van der Waals surface area contributed by atoms with Crippen LogP contribution in [-0.2, 0) is 18.4 Å². The summed E-state index contributed by atoms with van der Waals surface area (Å²) in [5, 5.41) is 17.0. The predicted octanol–water partition coefficient (Wildman–Crippen LogP) is 1.94. The molecule has 2 aromatic heterocycles. The lowest BCUT2D eigenvalue weighted by atomic mass is 9.97. The largest absolute Gasteiger partial charge is 0.423 e. The SMILES string of the molecule is CC(C)(C)c1nnc(Cn2cc(CCBr)nn2)o1. The second-order valence-electron chi connectivity index (χ2n) is 5.10. The molecule has 0 aromatic carbocycles. The van der Waals surface area contributed by atoms with Gasteiger partial charge in [0, 0.05) is 23.4 Å². The van der Waals surface area contributed by atoms with E-state index in [-0.39, 0.29) is 5.41 Å². The summed E-state index contributed by atoms with van der Waals surface area (Å²) < 4.78 is 7.31. The van der Waals surface area contributed by atoms with Gasteiger partial charge in [-0.25, -0.2) is 4.68 Å². The lowest BCUT2D eigenvalue weighted by Crippen LogP contribution is -2.11. The van der Waals surface area contributed by atoms with Gasteiger partial charge in [0.25, 0.3) is 0 Å². The molecule has 0 bridgehead atoms. The van der Waals surface area contributed by atoms with Gasteiger partial charge >= 0.3 is 0 Å². The number of aryl methyl sites for hydroxylation is 1. The Morgan fingerprint density at radius 2 is 2.06 bits per heavy atom. The van der Waals surface area contributed by atoms with Crippen molar-refractivity contribution in [3.05, 3.63) is 23.7 Å². The molecule has 0 aliphatic rings. The third kappa shape index (κ3) is 3.16. The molecule has 7 heteroatoms. The lowest BCUT2D eigenvalue weighted by molar-refractivity contribution is 0.362. The third-order valence-electron chi connectivity index (χ3n) is 2.34. The van der Waals surface area contributed by atoms with Crippen LogP contribution >= 0.6 is 15.9 Å². The average Bonchev–Trinajstić information content (AvgIpc) is 2.88. The predicted molar refractivity (Wildman–Crippen MR) is 69.6 cm³/mol. The third-order valence-corrected chi connectivity index (χ3v) is 2.74. The Bertz CT molecular complexity index is 513. The summed E-state index contributed by atoms with van der Waals surface area (Å²) in [5.41, 5.74) is 0.816. The van der Waals surface area contributed by atoms with E-state index in [1.54, 1.807) is 4.68 Å². The molecule has 0 radical (unpaired) electrons. The highest BCUT2D eigenvalue weighted by atomic mass is 79.9. The van der Waals surface area contributed by atoms with Crippen LogP contribution in [0.2, 0.25) is 0 Å². The first-order chi connectivity index (χ1) is 8.49. The highest BCUT2D eigenvalue weighted by molar-refractivity contribution is 9.09. The Kier molecular flexibility index (Phi) is 3.79. The minimum absolute atomic E-state index is 0.130. The molecule has 0 aliphatic heterocycles. The van der Waals surface area contributed by atoms with Gasteiger partial charge in [0.05, 0.1) is 5.69 Å². The van der Waals surface area contributed by atoms with Gasteiger partial charge in [0.2, 0.25) is 11.8 Å². The molecule has 0 aliphatic carbocycles. The summed E-state index contributed by atoms with van der Waals surface area (Å²) in [7, 11) is 0. The fraction of sp³-hybridized carbons (Fsp3) is 0.636. The molecule has 2 heterocycles. The Labute approximate surface area is 114 Å². The molecule has 2 rings (SSSR count). The van der Waals surface area contributed by atoms with E-state index in [4.69, 9.17) is 4.42 Å². The van der Waals surface area contributed by atoms with E-state index in [1.807, 2.05) is 27.0 Å². The minimum atomic E-state index is -0.130. The van der Waals surface area contributed by atoms with E-state index in [0.29, 0.717) is 18.3 Å². The maximum Gasteiger partial charge on any atom is 0.238 e. The highest BCUT2D eigenvalue weighted by Gasteiger charge is 2.21. The van der Waals surface area contributed by atoms with Crippen molar-refractivity contribution in [3.8, 4) is 0 Å². The summed E-state index contributed by atoms with van der Waals surface area (Å²) >= 11 is 3.37. The maximum atomic E-state index is 5.60. The van der Waals surface area contributed by atoms with Crippen LogP contribution in [0.15, 0.2) is 10.6 Å². The quantitative estimate of drug-likeness (QED) is 0.807. The first-order valence-corrected chi connectivity index (χ1v) is 6.89. The van der Waals surface area contributed by atoms with E-state index in [2.05, 4.69) is 36.4 Å². The van der Waals surface area contributed by atoms with E-state index < -0.39 is 0 Å². The van der Waals surface area contributed by atoms with Gasteiger partial charge < -0.3 is 4.42 Å². The molecule has 0 saturated carbocycles. The van der Waals surface area contributed by atoms with E-state index in [1.165, 1.54) is 0 Å². The van der Waals surface area contributed by atoms with Crippen molar-refractivity contribution < 1.29 is 4.42 Å². The van der Waals surface area contributed by atoms with Crippen molar-refractivity contribution in [1.29, 1.82) is 0 Å². The molecule has 0 amide bonds. The van der Waals surface area contributed by atoms with Gasteiger partial charge in [-0.2, -0.15) is 0 Å². The molecule has 0 atom stereocenters. The first kappa shape index (κ1) is 13.2. The lowest BCUT2D eigenvalue weighted by Gasteiger charge is -2.10. The fourth-order valence-electron chi connectivity index (χ4n) is 1.39. The highest BCUT2D eigenvalue weighted by Crippen LogP contribution is 2.20. The van der Waals surface area contributed by atoms with Crippen molar-refractivity contribution >= 4 is 15.9 Å². The van der Waals surface area contributed by atoms with Crippen LogP contribution in [0.4, 0.5) is 0 Å². The van der Waals surface area contributed by atoms with Crippen LogP contribution in [0.1, 0.15) is 38.2 Å². The van der Waals surface area contributed by atoms with Gasteiger partial charge in [-0.15, -0.1) is 15.3 Å². The Hall–Kier alpha value is -1.24. The molecule has 0 unspecified atom stereocenters. The molecular formula is C11H16BrN5O. The van der Waals surface area contributed by atoms with Crippen LogP contribution in [0.25, 0.3) is 0 Å². The normalized spacial score (nSPS) is 12.0. The molecule has 0 fully saturated rings. The number of hydrogen-bond donors (Lipinski definition) is 0. The van der Waals surface area contributed by atoms with Crippen molar-refractivity contribution in [1.82, 2.24) is 25.2 Å². The zero-order chi connectivity index (χ0) is 13.2. The summed E-state index contributed by atoms with van der Waals surface area (Å²) in [6.07, 6.45) is 2.75. The number of halogens is 1. The monoisotopic (exact) mass is 313 g/mol. The van der Waals surface area contributed by atoms with E-state index >= 15 is 0 Å². The molecule has 0 N–H and O–H groups in total. The fourth-order valence-corrected chi connectivity index (χ4v) is 1.79. The van der Waals surface area contributed by atoms with Gasteiger partial charge in [0.1, 0.15) is 6.54 Å². The van der Waals surface area contributed by atoms with Crippen LogP contribution in [0, 0.1) is 0 Å². The smallest absolute Gasteiger partial charge is 0.238 e. The van der Waals surface area contributed by atoms with Crippen molar-refractivity contribution in [2.24, 2.45) is 0 Å². The molecule has 2 aromatic rings. The summed E-state index contributed by atoms with van der Waals surface area (Å²) in [6.45, 7) is 6.56. The van der Waals surface area contributed by atoms with E-state index in [0.717, 1.165) is 17.4 Å². The second-order valence-corrected chi connectivity index (χ2v) is 5.89. The van der Waals surface area contributed by atoms with Crippen molar-refractivity contribution in [2.75, 3.05) is 5.33 Å².